The van der Waals surface area contributed by atoms with Crippen LogP contribution in [0, 0.1) is 0 Å². The summed E-state index contributed by atoms with van der Waals surface area (Å²) >= 11 is 0. The van der Waals surface area contributed by atoms with Gasteiger partial charge in [-0.25, -0.2) is 18.1 Å². The van der Waals surface area contributed by atoms with Crippen LogP contribution in [0.2, 0.25) is 0 Å². The van der Waals surface area contributed by atoms with Crippen molar-refractivity contribution in [3.8, 4) is 0 Å². The summed E-state index contributed by atoms with van der Waals surface area (Å²) < 4.78 is 27.9. The zero-order chi connectivity index (χ0) is 13.2. The zero-order valence-electron chi connectivity index (χ0n) is 9.79. The highest BCUT2D eigenvalue weighted by molar-refractivity contribution is 7.89. The van der Waals surface area contributed by atoms with Gasteiger partial charge in [-0.2, -0.15) is 5.10 Å². The van der Waals surface area contributed by atoms with Crippen LogP contribution >= 0.6 is 0 Å². The van der Waals surface area contributed by atoms with Crippen molar-refractivity contribution in [3.05, 3.63) is 24.4 Å². The number of sulfonamides is 1. The summed E-state index contributed by atoms with van der Waals surface area (Å²) in [5.41, 5.74) is 6.25. The molecule has 2 aromatic heterocycles. The fraction of sp³-hybridized carbons (Fsp3) is 0.333. The standard InChI is InChI=1S/C9H14N6O2S/c1-2-15-5-8(9(10)14-15)18(16,17)13-4-7-3-11-6-12-7/h3,5-6,13H,2,4H2,1H3,(H2,10,14)(H,11,12). The molecule has 9 heteroatoms. The quantitative estimate of drug-likeness (QED) is 0.688. The normalized spacial score (nSPS) is 11.8. The first-order chi connectivity index (χ1) is 8.53. The number of nitrogens with two attached hydrogens (primary N) is 1. The number of aromatic amines is 1. The lowest BCUT2D eigenvalue weighted by Crippen LogP contribution is -2.23. The summed E-state index contributed by atoms with van der Waals surface area (Å²) in [7, 11) is -3.66. The number of aryl methyl sites for hydroxylation is 1. The van der Waals surface area contributed by atoms with Crippen LogP contribution in [0.4, 0.5) is 5.82 Å². The lowest BCUT2D eigenvalue weighted by molar-refractivity contribution is 0.580. The van der Waals surface area contributed by atoms with E-state index in [-0.39, 0.29) is 17.3 Å². The van der Waals surface area contributed by atoms with Gasteiger partial charge in [-0.15, -0.1) is 0 Å². The Kier molecular flexibility index (Phi) is 3.34. The first-order valence-corrected chi connectivity index (χ1v) is 6.81. The predicted octanol–water partition coefficient (Wildman–Crippen LogP) is -0.313. The van der Waals surface area contributed by atoms with E-state index < -0.39 is 10.0 Å². The van der Waals surface area contributed by atoms with Gasteiger partial charge < -0.3 is 10.7 Å². The minimum atomic E-state index is -3.66. The van der Waals surface area contributed by atoms with Crippen molar-refractivity contribution in [1.82, 2.24) is 24.5 Å². The average molecular weight is 270 g/mol. The number of imidazole rings is 1. The molecule has 0 saturated heterocycles. The highest BCUT2D eigenvalue weighted by atomic mass is 32.2. The highest BCUT2D eigenvalue weighted by Gasteiger charge is 2.20. The molecule has 0 aliphatic carbocycles. The summed E-state index contributed by atoms with van der Waals surface area (Å²) in [6.45, 7) is 2.53. The Morgan fingerprint density at radius 2 is 2.33 bits per heavy atom. The molecule has 0 atom stereocenters. The maximum absolute atomic E-state index is 12.0. The topological polar surface area (TPSA) is 119 Å². The summed E-state index contributed by atoms with van der Waals surface area (Å²) in [4.78, 5) is 6.59. The second-order valence-electron chi connectivity index (χ2n) is 3.64. The van der Waals surface area contributed by atoms with E-state index in [1.165, 1.54) is 17.2 Å². The minimum Gasteiger partial charge on any atom is -0.381 e. The van der Waals surface area contributed by atoms with Crippen molar-refractivity contribution >= 4 is 15.8 Å². The molecule has 0 aliphatic rings. The summed E-state index contributed by atoms with van der Waals surface area (Å²) in [6.07, 6.45) is 4.43. The summed E-state index contributed by atoms with van der Waals surface area (Å²) in [5.74, 6) is -0.00559. The number of aromatic nitrogens is 4. The van der Waals surface area contributed by atoms with Gasteiger partial charge in [-0.05, 0) is 6.92 Å². The smallest absolute Gasteiger partial charge is 0.246 e. The van der Waals surface area contributed by atoms with Crippen molar-refractivity contribution in [1.29, 1.82) is 0 Å². The van der Waals surface area contributed by atoms with Crippen LogP contribution in [0.5, 0.6) is 0 Å². The third-order valence-corrected chi connectivity index (χ3v) is 3.79. The van der Waals surface area contributed by atoms with E-state index in [0.29, 0.717) is 12.2 Å². The van der Waals surface area contributed by atoms with E-state index in [0.717, 1.165) is 0 Å². The van der Waals surface area contributed by atoms with Gasteiger partial charge in [0, 0.05) is 24.6 Å². The Morgan fingerprint density at radius 3 is 2.89 bits per heavy atom. The summed E-state index contributed by atoms with van der Waals surface area (Å²) in [6, 6.07) is 0. The number of hydrogen-bond donors (Lipinski definition) is 3. The van der Waals surface area contributed by atoms with Gasteiger partial charge in [-0.1, -0.05) is 0 Å². The number of anilines is 1. The molecular weight excluding hydrogens is 256 g/mol. The molecule has 2 rings (SSSR count). The number of nitrogen functional groups attached to an aromatic ring is 1. The molecule has 4 N–H and O–H groups in total. The fourth-order valence-corrected chi connectivity index (χ4v) is 2.50. The maximum Gasteiger partial charge on any atom is 0.246 e. The number of hydrogen-bond acceptors (Lipinski definition) is 5. The van der Waals surface area contributed by atoms with Gasteiger partial charge in [0.2, 0.25) is 10.0 Å². The Bertz CT molecular complexity index is 616. The number of rotatable bonds is 5. The second kappa shape index (κ2) is 4.78. The third kappa shape index (κ3) is 2.51. The minimum absolute atomic E-state index is 0.00559. The first-order valence-electron chi connectivity index (χ1n) is 5.32. The largest absolute Gasteiger partial charge is 0.381 e. The van der Waals surface area contributed by atoms with Crippen molar-refractivity contribution in [2.75, 3.05) is 5.73 Å². The predicted molar refractivity (Wildman–Crippen MR) is 64.9 cm³/mol. The van der Waals surface area contributed by atoms with Gasteiger partial charge in [-0.3, -0.25) is 4.68 Å². The van der Waals surface area contributed by atoms with Crippen molar-refractivity contribution < 1.29 is 8.42 Å². The molecular formula is C9H14N6O2S. The molecule has 8 nitrogen and oxygen atoms in total. The van der Waals surface area contributed by atoms with E-state index in [9.17, 15) is 8.42 Å². The van der Waals surface area contributed by atoms with Gasteiger partial charge in [0.1, 0.15) is 4.90 Å². The van der Waals surface area contributed by atoms with Gasteiger partial charge in [0.15, 0.2) is 5.82 Å². The lowest BCUT2D eigenvalue weighted by Gasteiger charge is -2.03. The lowest BCUT2D eigenvalue weighted by atomic mass is 10.5. The third-order valence-electron chi connectivity index (χ3n) is 2.38. The van der Waals surface area contributed by atoms with E-state index >= 15 is 0 Å². The SMILES string of the molecule is CCn1cc(S(=O)(=O)NCc2cnc[nH]2)c(N)n1. The molecule has 2 aromatic rings. The van der Waals surface area contributed by atoms with Crippen LogP contribution in [0.15, 0.2) is 23.6 Å². The molecule has 98 valence electrons. The molecule has 0 fully saturated rings. The van der Waals surface area contributed by atoms with Crippen LogP contribution in [0.1, 0.15) is 12.6 Å². The molecule has 0 bridgehead atoms. The van der Waals surface area contributed by atoms with E-state index in [1.807, 2.05) is 6.92 Å². The van der Waals surface area contributed by atoms with Gasteiger partial charge in [0.25, 0.3) is 0 Å². The number of nitrogens with zero attached hydrogens (tertiary/aromatic N) is 3. The molecule has 2 heterocycles. The Balaban J connectivity index is 2.17. The highest BCUT2D eigenvalue weighted by Crippen LogP contribution is 2.16. The molecule has 0 unspecified atom stereocenters. The number of nitrogens with one attached hydrogen (secondary N) is 2. The molecule has 0 amide bonds. The van der Waals surface area contributed by atoms with Crippen molar-refractivity contribution in [2.24, 2.45) is 0 Å². The monoisotopic (exact) mass is 270 g/mol. The number of H-pyrrole nitrogens is 1. The van der Waals surface area contributed by atoms with Crippen LogP contribution in [-0.2, 0) is 23.1 Å². The van der Waals surface area contributed by atoms with Crippen molar-refractivity contribution in [3.63, 3.8) is 0 Å². The first kappa shape index (κ1) is 12.6. The zero-order valence-corrected chi connectivity index (χ0v) is 10.6. The van der Waals surface area contributed by atoms with Crippen LogP contribution < -0.4 is 10.5 Å². The molecule has 0 saturated carbocycles. The van der Waals surface area contributed by atoms with E-state index in [2.05, 4.69) is 19.8 Å². The molecule has 0 aliphatic heterocycles. The molecule has 0 radical (unpaired) electrons. The van der Waals surface area contributed by atoms with Gasteiger partial charge >= 0.3 is 0 Å². The van der Waals surface area contributed by atoms with Crippen molar-refractivity contribution in [2.45, 2.75) is 24.9 Å². The fourth-order valence-electron chi connectivity index (χ4n) is 1.42. The molecule has 18 heavy (non-hydrogen) atoms. The maximum atomic E-state index is 12.0. The van der Waals surface area contributed by atoms with E-state index in [1.54, 1.807) is 6.20 Å². The Hall–Kier alpha value is -1.87. The van der Waals surface area contributed by atoms with Gasteiger partial charge in [0.05, 0.1) is 12.9 Å². The van der Waals surface area contributed by atoms with E-state index in [4.69, 9.17) is 5.73 Å². The van der Waals surface area contributed by atoms with Crippen LogP contribution in [0.25, 0.3) is 0 Å². The Labute approximate surface area is 104 Å². The Morgan fingerprint density at radius 1 is 1.56 bits per heavy atom. The second-order valence-corrected chi connectivity index (χ2v) is 5.37. The molecule has 0 aromatic carbocycles. The van der Waals surface area contributed by atoms with Crippen LogP contribution in [0.3, 0.4) is 0 Å². The molecule has 0 spiro atoms. The average Bonchev–Trinajstić information content (AvgIpc) is 2.95. The van der Waals surface area contributed by atoms with Crippen LogP contribution in [-0.4, -0.2) is 28.2 Å². The summed E-state index contributed by atoms with van der Waals surface area (Å²) in [5, 5.41) is 3.90.